The minimum atomic E-state index is 0.280. The van der Waals surface area contributed by atoms with Crippen LogP contribution in [0.4, 0.5) is 0 Å². The van der Waals surface area contributed by atoms with Gasteiger partial charge in [0.05, 0.1) is 12.0 Å². The van der Waals surface area contributed by atoms with E-state index in [2.05, 4.69) is 11.0 Å². The van der Waals surface area contributed by atoms with Crippen molar-refractivity contribution in [1.82, 2.24) is 4.90 Å². The topological polar surface area (TPSA) is 36.3 Å². The number of methoxy groups -OCH3 is 1. The standard InChI is InChI=1S/C14H24N2O/c1-17-11-12-6-8-16(9-7-12)14-5-3-2-4-13(14)10-15/h12-14H,2-9,11H2,1H3. The van der Waals surface area contributed by atoms with Gasteiger partial charge < -0.3 is 4.74 Å². The zero-order valence-corrected chi connectivity index (χ0v) is 10.9. The van der Waals surface area contributed by atoms with E-state index in [4.69, 9.17) is 4.74 Å². The van der Waals surface area contributed by atoms with Crippen LogP contribution in [0.25, 0.3) is 0 Å². The fourth-order valence-corrected chi connectivity index (χ4v) is 3.39. The summed E-state index contributed by atoms with van der Waals surface area (Å²) in [6, 6.07) is 3.06. The molecule has 0 bridgehead atoms. The highest BCUT2D eigenvalue weighted by Crippen LogP contribution is 2.30. The smallest absolute Gasteiger partial charge is 0.0672 e. The molecule has 1 aliphatic carbocycles. The van der Waals surface area contributed by atoms with Gasteiger partial charge in [0.15, 0.2) is 0 Å². The van der Waals surface area contributed by atoms with Crippen LogP contribution in [0, 0.1) is 23.2 Å². The van der Waals surface area contributed by atoms with Crippen molar-refractivity contribution >= 4 is 0 Å². The SMILES string of the molecule is COCC1CCN(C2CCCCC2C#N)CC1. The van der Waals surface area contributed by atoms with E-state index >= 15 is 0 Å². The first-order valence-electron chi connectivity index (χ1n) is 6.97. The van der Waals surface area contributed by atoms with E-state index in [1.54, 1.807) is 7.11 Å². The molecule has 0 radical (unpaired) electrons. The van der Waals surface area contributed by atoms with E-state index in [9.17, 15) is 5.26 Å². The molecule has 0 spiro atoms. The van der Waals surface area contributed by atoms with E-state index < -0.39 is 0 Å². The molecule has 1 heterocycles. The molecule has 3 heteroatoms. The maximum Gasteiger partial charge on any atom is 0.0672 e. The lowest BCUT2D eigenvalue weighted by Gasteiger charge is -2.41. The van der Waals surface area contributed by atoms with Crippen LogP contribution in [-0.2, 0) is 4.74 Å². The Balaban J connectivity index is 1.84. The van der Waals surface area contributed by atoms with Crippen LogP contribution in [0.5, 0.6) is 0 Å². The average molecular weight is 236 g/mol. The Morgan fingerprint density at radius 2 is 1.88 bits per heavy atom. The first kappa shape index (κ1) is 12.9. The first-order valence-corrected chi connectivity index (χ1v) is 6.97. The van der Waals surface area contributed by atoms with Crippen molar-refractivity contribution in [3.05, 3.63) is 0 Å². The minimum absolute atomic E-state index is 0.280. The van der Waals surface area contributed by atoms with Gasteiger partial charge in [0.2, 0.25) is 0 Å². The van der Waals surface area contributed by atoms with Gasteiger partial charge >= 0.3 is 0 Å². The number of hydrogen-bond acceptors (Lipinski definition) is 3. The monoisotopic (exact) mass is 236 g/mol. The third-order valence-corrected chi connectivity index (χ3v) is 4.42. The van der Waals surface area contributed by atoms with Gasteiger partial charge in [0, 0.05) is 19.8 Å². The van der Waals surface area contributed by atoms with Crippen LogP contribution >= 0.6 is 0 Å². The highest BCUT2D eigenvalue weighted by Gasteiger charge is 2.32. The molecule has 0 aromatic rings. The van der Waals surface area contributed by atoms with E-state index in [1.807, 2.05) is 0 Å². The Morgan fingerprint density at radius 3 is 2.53 bits per heavy atom. The number of nitrogens with zero attached hydrogens (tertiary/aromatic N) is 2. The van der Waals surface area contributed by atoms with Gasteiger partial charge in [-0.2, -0.15) is 5.26 Å². The summed E-state index contributed by atoms with van der Waals surface area (Å²) in [6.45, 7) is 3.23. The highest BCUT2D eigenvalue weighted by atomic mass is 16.5. The normalized spacial score (nSPS) is 32.2. The van der Waals surface area contributed by atoms with Crippen LogP contribution in [0.1, 0.15) is 38.5 Å². The molecule has 1 aliphatic heterocycles. The van der Waals surface area contributed by atoms with Crippen LogP contribution in [0.3, 0.4) is 0 Å². The molecule has 3 nitrogen and oxygen atoms in total. The summed E-state index contributed by atoms with van der Waals surface area (Å²) in [5, 5.41) is 9.23. The fraction of sp³-hybridized carbons (Fsp3) is 0.929. The van der Waals surface area contributed by atoms with Gasteiger partial charge in [-0.25, -0.2) is 0 Å². The van der Waals surface area contributed by atoms with E-state index in [0.717, 1.165) is 32.0 Å². The molecular weight excluding hydrogens is 212 g/mol. The van der Waals surface area contributed by atoms with Crippen molar-refractivity contribution in [3.63, 3.8) is 0 Å². The summed E-state index contributed by atoms with van der Waals surface area (Å²) in [4.78, 5) is 2.57. The second-order valence-corrected chi connectivity index (χ2v) is 5.52. The zero-order chi connectivity index (χ0) is 12.1. The molecule has 2 fully saturated rings. The van der Waals surface area contributed by atoms with Crippen LogP contribution < -0.4 is 0 Å². The lowest BCUT2D eigenvalue weighted by Crippen LogP contribution is -2.46. The highest BCUT2D eigenvalue weighted by molar-refractivity contribution is 4.96. The van der Waals surface area contributed by atoms with Crippen molar-refractivity contribution in [2.24, 2.45) is 11.8 Å². The molecule has 1 saturated carbocycles. The van der Waals surface area contributed by atoms with Crippen molar-refractivity contribution in [3.8, 4) is 6.07 Å². The summed E-state index contributed by atoms with van der Waals surface area (Å²) in [5.41, 5.74) is 0. The zero-order valence-electron chi connectivity index (χ0n) is 10.9. The predicted octanol–water partition coefficient (Wildman–Crippen LogP) is 2.43. The number of rotatable bonds is 3. The Kier molecular flexibility index (Phi) is 4.82. The molecule has 2 atom stereocenters. The van der Waals surface area contributed by atoms with Gasteiger partial charge in [-0.15, -0.1) is 0 Å². The van der Waals surface area contributed by atoms with E-state index in [1.165, 1.54) is 32.1 Å². The van der Waals surface area contributed by atoms with E-state index in [-0.39, 0.29) is 5.92 Å². The maximum atomic E-state index is 9.23. The fourth-order valence-electron chi connectivity index (χ4n) is 3.39. The maximum absolute atomic E-state index is 9.23. The summed E-state index contributed by atoms with van der Waals surface area (Å²) in [6.07, 6.45) is 7.37. The first-order chi connectivity index (χ1) is 8.35. The minimum Gasteiger partial charge on any atom is -0.384 e. The molecule has 2 rings (SSSR count). The Labute approximate surface area is 105 Å². The number of piperidine rings is 1. The summed E-state index contributed by atoms with van der Waals surface area (Å²) in [5.74, 6) is 1.02. The molecule has 0 N–H and O–H groups in total. The van der Waals surface area contributed by atoms with Crippen molar-refractivity contribution < 1.29 is 4.74 Å². The second-order valence-electron chi connectivity index (χ2n) is 5.52. The molecule has 1 saturated heterocycles. The van der Waals surface area contributed by atoms with Crippen LogP contribution in [0.2, 0.25) is 0 Å². The lowest BCUT2D eigenvalue weighted by molar-refractivity contribution is 0.0567. The Bertz CT molecular complexity index is 266. The molecule has 2 unspecified atom stereocenters. The lowest BCUT2D eigenvalue weighted by atomic mass is 9.83. The largest absolute Gasteiger partial charge is 0.384 e. The molecular formula is C14H24N2O. The second kappa shape index (κ2) is 6.37. The number of hydrogen-bond donors (Lipinski definition) is 0. The molecule has 2 aliphatic rings. The predicted molar refractivity (Wildman–Crippen MR) is 67.5 cm³/mol. The average Bonchev–Trinajstić information content (AvgIpc) is 2.40. The number of ether oxygens (including phenoxy) is 1. The van der Waals surface area contributed by atoms with Gasteiger partial charge in [-0.1, -0.05) is 12.8 Å². The Morgan fingerprint density at radius 1 is 1.18 bits per heavy atom. The van der Waals surface area contributed by atoms with Crippen LogP contribution in [0.15, 0.2) is 0 Å². The van der Waals surface area contributed by atoms with Crippen molar-refractivity contribution in [1.29, 1.82) is 5.26 Å². The van der Waals surface area contributed by atoms with Crippen LogP contribution in [-0.4, -0.2) is 37.7 Å². The molecule has 0 aromatic heterocycles. The molecule has 17 heavy (non-hydrogen) atoms. The third kappa shape index (κ3) is 3.20. The molecule has 96 valence electrons. The molecule has 0 amide bonds. The van der Waals surface area contributed by atoms with Gasteiger partial charge in [-0.3, -0.25) is 4.90 Å². The summed E-state index contributed by atoms with van der Waals surface area (Å²) < 4.78 is 5.23. The quantitative estimate of drug-likeness (QED) is 0.755. The number of likely N-dealkylation sites (tertiary alicyclic amines) is 1. The van der Waals surface area contributed by atoms with Gasteiger partial charge in [-0.05, 0) is 44.7 Å². The molecule has 0 aromatic carbocycles. The van der Waals surface area contributed by atoms with Gasteiger partial charge in [0.25, 0.3) is 0 Å². The van der Waals surface area contributed by atoms with E-state index in [0.29, 0.717) is 6.04 Å². The van der Waals surface area contributed by atoms with Gasteiger partial charge in [0.1, 0.15) is 0 Å². The third-order valence-electron chi connectivity index (χ3n) is 4.42. The number of nitriles is 1. The van der Waals surface area contributed by atoms with Crippen molar-refractivity contribution in [2.75, 3.05) is 26.8 Å². The summed E-state index contributed by atoms with van der Waals surface area (Å²) in [7, 11) is 1.79. The Hall–Kier alpha value is -0.590. The summed E-state index contributed by atoms with van der Waals surface area (Å²) >= 11 is 0. The van der Waals surface area contributed by atoms with Crippen molar-refractivity contribution in [2.45, 2.75) is 44.6 Å².